The lowest BCUT2D eigenvalue weighted by Gasteiger charge is -2.19. The van der Waals surface area contributed by atoms with Crippen molar-refractivity contribution in [1.82, 2.24) is 9.55 Å². The van der Waals surface area contributed by atoms with Gasteiger partial charge in [0.2, 0.25) is 0 Å². The van der Waals surface area contributed by atoms with Crippen molar-refractivity contribution in [2.45, 2.75) is 25.5 Å². The summed E-state index contributed by atoms with van der Waals surface area (Å²) in [4.78, 5) is 4.48. The van der Waals surface area contributed by atoms with Gasteiger partial charge in [-0.1, -0.05) is 12.1 Å². The van der Waals surface area contributed by atoms with Crippen molar-refractivity contribution in [3.8, 4) is 17.0 Å². The highest BCUT2D eigenvalue weighted by molar-refractivity contribution is 5.66. The van der Waals surface area contributed by atoms with Gasteiger partial charge >= 0.3 is 0 Å². The lowest BCUT2D eigenvalue weighted by atomic mass is 10.1. The fourth-order valence-corrected chi connectivity index (χ4v) is 2.28. The van der Waals surface area contributed by atoms with Gasteiger partial charge in [0.1, 0.15) is 17.8 Å². The van der Waals surface area contributed by atoms with Crippen LogP contribution in [0.25, 0.3) is 11.3 Å². The zero-order chi connectivity index (χ0) is 11.8. The molecule has 4 heteroatoms. The molecule has 2 aromatic rings. The van der Waals surface area contributed by atoms with Gasteiger partial charge in [-0.25, -0.2) is 4.98 Å². The molecule has 0 fully saturated rings. The van der Waals surface area contributed by atoms with Crippen LogP contribution in [0.3, 0.4) is 0 Å². The molecule has 1 atom stereocenters. The van der Waals surface area contributed by atoms with Crippen molar-refractivity contribution >= 4 is 0 Å². The Kier molecular flexibility index (Phi) is 2.37. The van der Waals surface area contributed by atoms with E-state index in [0.29, 0.717) is 5.56 Å². The molecule has 0 saturated carbocycles. The quantitative estimate of drug-likeness (QED) is 0.788. The highest BCUT2D eigenvalue weighted by Crippen LogP contribution is 2.31. The van der Waals surface area contributed by atoms with Gasteiger partial charge in [0.05, 0.1) is 5.69 Å². The number of fused-ring (bicyclic) bond motifs is 1. The monoisotopic (exact) mass is 230 g/mol. The molecule has 3 rings (SSSR count). The minimum Gasteiger partial charge on any atom is -0.507 e. The molecule has 0 aliphatic carbocycles. The minimum atomic E-state index is -0.481. The largest absolute Gasteiger partial charge is 0.507 e. The first-order valence-electron chi connectivity index (χ1n) is 5.80. The summed E-state index contributed by atoms with van der Waals surface area (Å²) in [5.74, 6) is 1.11. The molecule has 0 spiro atoms. The van der Waals surface area contributed by atoms with Gasteiger partial charge in [-0.15, -0.1) is 0 Å². The van der Waals surface area contributed by atoms with Crippen molar-refractivity contribution in [3.05, 3.63) is 36.3 Å². The molecule has 1 aromatic carbocycles. The Bertz CT molecular complexity index is 548. The number of aliphatic hydroxyl groups excluding tert-OH is 1. The van der Waals surface area contributed by atoms with E-state index in [0.717, 1.165) is 30.8 Å². The van der Waals surface area contributed by atoms with E-state index >= 15 is 0 Å². The molecule has 1 aliphatic heterocycles. The van der Waals surface area contributed by atoms with Crippen LogP contribution >= 0.6 is 0 Å². The standard InChI is InChI=1S/C13H14N2O2/c16-11-5-2-1-4-9(11)10-8-15-12(14-10)6-3-7-13(15)17/h1-2,4-5,8,13,16-17H,3,6-7H2. The van der Waals surface area contributed by atoms with Crippen LogP contribution in [0.1, 0.15) is 24.9 Å². The van der Waals surface area contributed by atoms with Crippen molar-refractivity contribution in [2.24, 2.45) is 0 Å². The third-order valence-electron chi connectivity index (χ3n) is 3.17. The number of phenolic OH excluding ortho intramolecular Hbond substituents is 1. The van der Waals surface area contributed by atoms with Gasteiger partial charge in [-0.2, -0.15) is 0 Å². The molecule has 1 aromatic heterocycles. The highest BCUT2D eigenvalue weighted by Gasteiger charge is 2.20. The number of aromatic hydroxyl groups is 1. The Morgan fingerprint density at radius 1 is 1.29 bits per heavy atom. The van der Waals surface area contributed by atoms with Crippen LogP contribution < -0.4 is 0 Å². The molecule has 2 N–H and O–H groups in total. The molecular formula is C13H14N2O2. The summed E-state index contributed by atoms with van der Waals surface area (Å²) in [5, 5.41) is 19.6. The Morgan fingerprint density at radius 3 is 2.88 bits per heavy atom. The number of nitrogens with zero attached hydrogens (tertiary/aromatic N) is 2. The number of benzene rings is 1. The van der Waals surface area contributed by atoms with E-state index in [1.54, 1.807) is 16.7 Å². The third kappa shape index (κ3) is 1.70. The predicted molar refractivity (Wildman–Crippen MR) is 63.5 cm³/mol. The summed E-state index contributed by atoms with van der Waals surface area (Å²) in [6.07, 6.45) is 3.94. The minimum absolute atomic E-state index is 0.220. The average molecular weight is 230 g/mol. The summed E-state index contributed by atoms with van der Waals surface area (Å²) in [7, 11) is 0. The second kappa shape index (κ2) is 3.89. The first-order chi connectivity index (χ1) is 8.25. The Balaban J connectivity index is 2.08. The lowest BCUT2D eigenvalue weighted by molar-refractivity contribution is 0.0781. The van der Waals surface area contributed by atoms with Crippen LogP contribution in [0, 0.1) is 0 Å². The molecule has 0 radical (unpaired) electrons. The van der Waals surface area contributed by atoms with E-state index < -0.39 is 6.23 Å². The van der Waals surface area contributed by atoms with Crippen LogP contribution in [0.2, 0.25) is 0 Å². The molecule has 1 unspecified atom stereocenters. The highest BCUT2D eigenvalue weighted by atomic mass is 16.3. The average Bonchev–Trinajstić information content (AvgIpc) is 2.75. The zero-order valence-electron chi connectivity index (χ0n) is 9.37. The van der Waals surface area contributed by atoms with Crippen molar-refractivity contribution in [2.75, 3.05) is 0 Å². The van der Waals surface area contributed by atoms with E-state index in [4.69, 9.17) is 0 Å². The van der Waals surface area contributed by atoms with Gasteiger partial charge < -0.3 is 14.8 Å². The maximum atomic E-state index is 9.85. The number of hydrogen-bond donors (Lipinski definition) is 2. The van der Waals surface area contributed by atoms with E-state index in [9.17, 15) is 10.2 Å². The molecule has 17 heavy (non-hydrogen) atoms. The number of para-hydroxylation sites is 1. The van der Waals surface area contributed by atoms with Gasteiger partial charge in [-0.05, 0) is 25.0 Å². The zero-order valence-corrected chi connectivity index (χ0v) is 9.37. The van der Waals surface area contributed by atoms with E-state index in [2.05, 4.69) is 4.98 Å². The topological polar surface area (TPSA) is 58.3 Å². The SMILES string of the molecule is Oc1ccccc1-c1cn2c(n1)CCCC2O. The maximum Gasteiger partial charge on any atom is 0.131 e. The molecular weight excluding hydrogens is 216 g/mol. The number of rotatable bonds is 1. The van der Waals surface area contributed by atoms with Gasteiger partial charge in [0, 0.05) is 18.2 Å². The Labute approximate surface area is 99.2 Å². The van der Waals surface area contributed by atoms with Crippen LogP contribution in [0.4, 0.5) is 0 Å². The summed E-state index contributed by atoms with van der Waals surface area (Å²) >= 11 is 0. The summed E-state index contributed by atoms with van der Waals surface area (Å²) in [6, 6.07) is 7.12. The maximum absolute atomic E-state index is 9.85. The summed E-state index contributed by atoms with van der Waals surface area (Å²) in [5.41, 5.74) is 1.43. The van der Waals surface area contributed by atoms with Crippen LogP contribution in [0.5, 0.6) is 5.75 Å². The Hall–Kier alpha value is -1.81. The molecule has 0 bridgehead atoms. The smallest absolute Gasteiger partial charge is 0.131 e. The second-order valence-corrected chi connectivity index (χ2v) is 4.34. The first kappa shape index (κ1) is 10.4. The number of hydrogen-bond acceptors (Lipinski definition) is 3. The van der Waals surface area contributed by atoms with Crippen molar-refractivity contribution in [3.63, 3.8) is 0 Å². The number of aliphatic hydroxyl groups is 1. The van der Waals surface area contributed by atoms with E-state index in [1.165, 1.54) is 0 Å². The van der Waals surface area contributed by atoms with Crippen LogP contribution in [-0.4, -0.2) is 19.8 Å². The number of phenols is 1. The molecule has 88 valence electrons. The number of imidazole rings is 1. The molecule has 4 nitrogen and oxygen atoms in total. The van der Waals surface area contributed by atoms with Crippen molar-refractivity contribution < 1.29 is 10.2 Å². The lowest BCUT2D eigenvalue weighted by Crippen LogP contribution is -2.16. The van der Waals surface area contributed by atoms with Crippen molar-refractivity contribution in [1.29, 1.82) is 0 Å². The summed E-state index contributed by atoms with van der Waals surface area (Å²) in [6.45, 7) is 0. The fraction of sp³-hybridized carbons (Fsp3) is 0.308. The van der Waals surface area contributed by atoms with Gasteiger partial charge in [0.15, 0.2) is 0 Å². The second-order valence-electron chi connectivity index (χ2n) is 4.34. The van der Waals surface area contributed by atoms with Crippen LogP contribution in [-0.2, 0) is 6.42 Å². The first-order valence-corrected chi connectivity index (χ1v) is 5.80. The van der Waals surface area contributed by atoms with E-state index in [-0.39, 0.29) is 5.75 Å². The van der Waals surface area contributed by atoms with Gasteiger partial charge in [-0.3, -0.25) is 0 Å². The Morgan fingerprint density at radius 2 is 2.12 bits per heavy atom. The van der Waals surface area contributed by atoms with E-state index in [1.807, 2.05) is 18.3 Å². The number of aryl methyl sites for hydroxylation is 1. The fourth-order valence-electron chi connectivity index (χ4n) is 2.28. The molecule has 0 amide bonds. The third-order valence-corrected chi connectivity index (χ3v) is 3.17. The predicted octanol–water partition coefficient (Wildman–Crippen LogP) is 2.08. The normalized spacial score (nSPS) is 19.0. The number of aromatic nitrogens is 2. The molecule has 2 heterocycles. The summed E-state index contributed by atoms with van der Waals surface area (Å²) < 4.78 is 1.80. The molecule has 1 aliphatic rings. The van der Waals surface area contributed by atoms with Gasteiger partial charge in [0.25, 0.3) is 0 Å². The molecule has 0 saturated heterocycles. The van der Waals surface area contributed by atoms with Crippen LogP contribution in [0.15, 0.2) is 30.5 Å².